The summed E-state index contributed by atoms with van der Waals surface area (Å²) in [7, 11) is 0.154. The molecule has 0 saturated heterocycles. The summed E-state index contributed by atoms with van der Waals surface area (Å²) in [5.41, 5.74) is 4.70. The predicted molar refractivity (Wildman–Crippen MR) is 118 cm³/mol. The van der Waals surface area contributed by atoms with Crippen LogP contribution in [-0.4, -0.2) is 36.5 Å². The molecule has 1 aliphatic heterocycles. The van der Waals surface area contributed by atoms with Gasteiger partial charge >= 0.3 is 0 Å². The number of imidazole rings is 1. The number of fused-ring (bicyclic) bond motifs is 1. The van der Waals surface area contributed by atoms with Gasteiger partial charge in [0.1, 0.15) is 0 Å². The molecule has 2 aromatic carbocycles. The quantitative estimate of drug-likeness (QED) is 0.660. The minimum atomic E-state index is -3.74. The third-order valence-electron chi connectivity index (χ3n) is 5.60. The zero-order valence-electron chi connectivity index (χ0n) is 17.5. The summed E-state index contributed by atoms with van der Waals surface area (Å²) >= 11 is 0. The fourth-order valence-corrected chi connectivity index (χ4v) is 5.22. The van der Waals surface area contributed by atoms with Crippen molar-refractivity contribution in [3.63, 3.8) is 0 Å². The van der Waals surface area contributed by atoms with Crippen molar-refractivity contribution in [2.75, 3.05) is 13.6 Å². The van der Waals surface area contributed by atoms with E-state index < -0.39 is 10.0 Å². The zero-order chi connectivity index (χ0) is 21.1. The second-order valence-electron chi connectivity index (χ2n) is 8.11. The highest BCUT2D eigenvalue weighted by atomic mass is 32.2. The van der Waals surface area contributed by atoms with Gasteiger partial charge in [-0.1, -0.05) is 48.5 Å². The van der Waals surface area contributed by atoms with Crippen LogP contribution in [0.1, 0.15) is 34.7 Å². The molecule has 0 fully saturated rings. The number of sulfonamides is 1. The minimum Gasteiger partial charge on any atom is -0.339 e. The molecule has 3 aromatic rings. The molecule has 0 aliphatic carbocycles. The number of hydrogen-bond acceptors (Lipinski definition) is 4. The third-order valence-corrected chi connectivity index (χ3v) is 6.95. The monoisotopic (exact) mass is 424 g/mol. The fraction of sp³-hybridized carbons (Fsp3) is 0.348. The molecule has 4 rings (SSSR count). The summed E-state index contributed by atoms with van der Waals surface area (Å²) in [6.07, 6.45) is 5.79. The van der Waals surface area contributed by atoms with Crippen LogP contribution in [0.5, 0.6) is 0 Å². The van der Waals surface area contributed by atoms with Crippen LogP contribution in [0.15, 0.2) is 66.1 Å². The second-order valence-corrected chi connectivity index (χ2v) is 9.77. The van der Waals surface area contributed by atoms with Gasteiger partial charge in [0, 0.05) is 19.8 Å². The van der Waals surface area contributed by atoms with Crippen molar-refractivity contribution < 1.29 is 8.42 Å². The van der Waals surface area contributed by atoms with Gasteiger partial charge in [-0.3, -0.25) is 0 Å². The van der Waals surface area contributed by atoms with E-state index in [-0.39, 0.29) is 11.1 Å². The Bertz CT molecular complexity index is 1110. The maximum Gasteiger partial charge on any atom is 0.260 e. The third kappa shape index (κ3) is 4.80. The molecule has 6 nitrogen and oxygen atoms in total. The molecule has 158 valence electrons. The molecule has 1 unspecified atom stereocenters. The molecule has 0 saturated carbocycles. The molecule has 0 spiro atoms. The van der Waals surface area contributed by atoms with Crippen molar-refractivity contribution in [2.45, 2.75) is 36.9 Å². The van der Waals surface area contributed by atoms with Crippen LogP contribution in [0.25, 0.3) is 0 Å². The number of nitrogens with one attached hydrogen (secondary N) is 1. The van der Waals surface area contributed by atoms with Gasteiger partial charge in [0.2, 0.25) is 0 Å². The normalized spacial score (nSPS) is 16.1. The largest absolute Gasteiger partial charge is 0.339 e. The topological polar surface area (TPSA) is 67.2 Å². The molecule has 7 heteroatoms. The molecule has 30 heavy (non-hydrogen) atoms. The Morgan fingerprint density at radius 1 is 1.10 bits per heavy atom. The molecule has 1 atom stereocenters. The highest BCUT2D eigenvalue weighted by molar-refractivity contribution is 7.89. The average Bonchev–Trinajstić information content (AvgIpc) is 3.07. The SMILES string of the molecule is CN1CCCc2ccc(C(Cc3ccccc3)NS(=O)(=O)c3cn(C)cn3)cc2C1. The molecular weight excluding hydrogens is 396 g/mol. The van der Waals surface area contributed by atoms with Crippen LogP contribution >= 0.6 is 0 Å². The summed E-state index contributed by atoms with van der Waals surface area (Å²) < 4.78 is 30.6. The Kier molecular flexibility index (Phi) is 6.04. The number of benzene rings is 2. The maximum atomic E-state index is 13.0. The molecular formula is C23H28N4O2S. The molecule has 2 heterocycles. The Balaban J connectivity index is 1.68. The number of nitrogens with zero attached hydrogens (tertiary/aromatic N) is 3. The van der Waals surface area contributed by atoms with Crippen LogP contribution in [0.4, 0.5) is 0 Å². The van der Waals surface area contributed by atoms with Gasteiger partial charge < -0.3 is 9.47 Å². The lowest BCUT2D eigenvalue weighted by Gasteiger charge is -2.21. The lowest BCUT2D eigenvalue weighted by molar-refractivity contribution is 0.332. The van der Waals surface area contributed by atoms with Gasteiger partial charge in [0.15, 0.2) is 5.03 Å². The summed E-state index contributed by atoms with van der Waals surface area (Å²) in [6, 6.07) is 16.0. The van der Waals surface area contributed by atoms with E-state index in [2.05, 4.69) is 39.9 Å². The van der Waals surface area contributed by atoms with Crippen molar-refractivity contribution in [1.29, 1.82) is 0 Å². The first-order chi connectivity index (χ1) is 14.4. The van der Waals surface area contributed by atoms with Crippen LogP contribution in [-0.2, 0) is 36.5 Å². The predicted octanol–water partition coefficient (Wildman–Crippen LogP) is 3.06. The summed E-state index contributed by atoms with van der Waals surface area (Å²) in [5.74, 6) is 0. The Hall–Kier alpha value is -2.48. The number of aryl methyl sites for hydroxylation is 2. The number of hydrogen-bond donors (Lipinski definition) is 1. The second kappa shape index (κ2) is 8.71. The van der Waals surface area contributed by atoms with Gasteiger partial charge in [-0.2, -0.15) is 0 Å². The molecule has 0 radical (unpaired) electrons. The first kappa shape index (κ1) is 20.8. The summed E-state index contributed by atoms with van der Waals surface area (Å²) in [4.78, 5) is 6.36. The van der Waals surface area contributed by atoms with E-state index in [0.29, 0.717) is 6.42 Å². The van der Waals surface area contributed by atoms with Crippen molar-refractivity contribution in [3.8, 4) is 0 Å². The zero-order valence-corrected chi connectivity index (χ0v) is 18.3. The Morgan fingerprint density at radius 3 is 2.63 bits per heavy atom. The van der Waals surface area contributed by atoms with Crippen LogP contribution in [0, 0.1) is 0 Å². The van der Waals surface area contributed by atoms with Crippen LogP contribution in [0.3, 0.4) is 0 Å². The average molecular weight is 425 g/mol. The van der Waals surface area contributed by atoms with E-state index in [1.54, 1.807) is 11.6 Å². The fourth-order valence-electron chi connectivity index (χ4n) is 4.02. The van der Waals surface area contributed by atoms with E-state index >= 15 is 0 Å². The van der Waals surface area contributed by atoms with Crippen molar-refractivity contribution in [3.05, 3.63) is 83.3 Å². The molecule has 1 N–H and O–H groups in total. The van der Waals surface area contributed by atoms with Crippen molar-refractivity contribution in [1.82, 2.24) is 19.2 Å². The van der Waals surface area contributed by atoms with Crippen LogP contribution < -0.4 is 4.72 Å². The Morgan fingerprint density at radius 2 is 1.90 bits per heavy atom. The van der Waals surface area contributed by atoms with E-state index in [1.165, 1.54) is 23.7 Å². The van der Waals surface area contributed by atoms with E-state index in [0.717, 1.165) is 37.1 Å². The van der Waals surface area contributed by atoms with Gasteiger partial charge in [-0.05, 0) is 55.1 Å². The maximum absolute atomic E-state index is 13.0. The summed E-state index contributed by atoms with van der Waals surface area (Å²) in [6.45, 7) is 1.96. The lowest BCUT2D eigenvalue weighted by Crippen LogP contribution is -2.30. The number of aromatic nitrogens is 2. The first-order valence-electron chi connectivity index (χ1n) is 10.3. The van der Waals surface area contributed by atoms with E-state index in [9.17, 15) is 8.42 Å². The van der Waals surface area contributed by atoms with E-state index in [1.807, 2.05) is 30.3 Å². The highest BCUT2D eigenvalue weighted by Gasteiger charge is 2.25. The smallest absolute Gasteiger partial charge is 0.260 e. The van der Waals surface area contributed by atoms with Gasteiger partial charge in [-0.25, -0.2) is 18.1 Å². The van der Waals surface area contributed by atoms with E-state index in [4.69, 9.17) is 0 Å². The molecule has 1 aromatic heterocycles. The van der Waals surface area contributed by atoms with Crippen molar-refractivity contribution >= 4 is 10.0 Å². The van der Waals surface area contributed by atoms with Crippen molar-refractivity contribution in [2.24, 2.45) is 7.05 Å². The van der Waals surface area contributed by atoms with Gasteiger partial charge in [0.05, 0.1) is 12.4 Å². The lowest BCUT2D eigenvalue weighted by atomic mass is 9.95. The summed E-state index contributed by atoms with van der Waals surface area (Å²) in [5, 5.41) is 0.0394. The standard InChI is InChI=1S/C23H28N4O2S/c1-26-12-6-9-19-10-11-20(14-21(19)15-26)22(13-18-7-4-3-5-8-18)25-30(28,29)23-16-27(2)17-24-23/h3-5,7-8,10-11,14,16-17,22,25H,6,9,12-13,15H2,1-2H3. The molecule has 0 amide bonds. The minimum absolute atomic E-state index is 0.0394. The first-order valence-corrected chi connectivity index (χ1v) is 11.7. The van der Waals surface area contributed by atoms with Gasteiger partial charge in [0.25, 0.3) is 10.0 Å². The van der Waals surface area contributed by atoms with Gasteiger partial charge in [-0.15, -0.1) is 0 Å². The highest BCUT2D eigenvalue weighted by Crippen LogP contribution is 2.26. The Labute approximate surface area is 178 Å². The molecule has 1 aliphatic rings. The number of rotatable bonds is 6. The van der Waals surface area contributed by atoms with Crippen LogP contribution in [0.2, 0.25) is 0 Å². The molecule has 0 bridgehead atoms.